The Kier molecular flexibility index (Phi) is 4.52. The van der Waals surface area contributed by atoms with Crippen LogP contribution in [0.15, 0.2) is 53.7 Å². The number of rotatable bonds is 6. The van der Waals surface area contributed by atoms with Crippen molar-refractivity contribution in [2.24, 2.45) is 0 Å². The second kappa shape index (κ2) is 7.09. The van der Waals surface area contributed by atoms with Gasteiger partial charge in [0.15, 0.2) is 11.6 Å². The molecule has 9 heteroatoms. The van der Waals surface area contributed by atoms with E-state index < -0.39 is 0 Å². The molecule has 0 atom stereocenters. The molecule has 0 aliphatic heterocycles. The number of pyridine rings is 1. The first kappa shape index (κ1) is 15.3. The highest BCUT2D eigenvalue weighted by atomic mass is 16.3. The summed E-state index contributed by atoms with van der Waals surface area (Å²) in [4.78, 5) is 23.9. The van der Waals surface area contributed by atoms with Crippen molar-refractivity contribution in [3.05, 3.63) is 60.6 Å². The summed E-state index contributed by atoms with van der Waals surface area (Å²) >= 11 is 0. The molecule has 3 aromatic heterocycles. The van der Waals surface area contributed by atoms with E-state index in [4.69, 9.17) is 10.2 Å². The predicted molar refractivity (Wildman–Crippen MR) is 87.8 cm³/mol. The number of hydrazine groups is 1. The molecule has 0 aliphatic rings. The molecule has 0 spiro atoms. The largest absolute Gasteiger partial charge is 0.467 e. The maximum atomic E-state index is 12.0. The van der Waals surface area contributed by atoms with Crippen molar-refractivity contribution in [2.75, 3.05) is 16.5 Å². The van der Waals surface area contributed by atoms with Crippen LogP contribution in [0.2, 0.25) is 0 Å². The van der Waals surface area contributed by atoms with Gasteiger partial charge in [-0.05, 0) is 24.3 Å². The monoisotopic (exact) mass is 325 g/mol. The van der Waals surface area contributed by atoms with Gasteiger partial charge in [-0.3, -0.25) is 20.6 Å². The van der Waals surface area contributed by atoms with Gasteiger partial charge in [-0.25, -0.2) is 9.97 Å². The van der Waals surface area contributed by atoms with Crippen molar-refractivity contribution in [1.29, 1.82) is 0 Å². The van der Waals surface area contributed by atoms with Gasteiger partial charge in [0.25, 0.3) is 5.91 Å². The van der Waals surface area contributed by atoms with Gasteiger partial charge in [-0.15, -0.1) is 0 Å². The van der Waals surface area contributed by atoms with Gasteiger partial charge in [-0.1, -0.05) is 0 Å². The summed E-state index contributed by atoms with van der Waals surface area (Å²) in [6.07, 6.45) is 5.96. The maximum Gasteiger partial charge on any atom is 0.271 e. The molecule has 24 heavy (non-hydrogen) atoms. The zero-order chi connectivity index (χ0) is 16.8. The third kappa shape index (κ3) is 3.58. The van der Waals surface area contributed by atoms with Gasteiger partial charge in [0.2, 0.25) is 0 Å². The molecule has 3 aromatic rings. The maximum absolute atomic E-state index is 12.0. The summed E-state index contributed by atoms with van der Waals surface area (Å²) in [7, 11) is 0. The third-order valence-electron chi connectivity index (χ3n) is 3.11. The lowest BCUT2D eigenvalue weighted by Crippen LogP contribution is -2.30. The van der Waals surface area contributed by atoms with Crippen LogP contribution in [0.4, 0.5) is 17.3 Å². The molecular weight excluding hydrogens is 310 g/mol. The van der Waals surface area contributed by atoms with Crippen molar-refractivity contribution >= 4 is 23.2 Å². The van der Waals surface area contributed by atoms with Crippen LogP contribution >= 0.6 is 0 Å². The molecule has 122 valence electrons. The lowest BCUT2D eigenvalue weighted by molar-refractivity contribution is 0.0962. The van der Waals surface area contributed by atoms with Crippen LogP contribution < -0.4 is 21.9 Å². The lowest BCUT2D eigenvalue weighted by atomic mass is 10.3. The number of hydrogen-bond donors (Lipinski definition) is 4. The van der Waals surface area contributed by atoms with Crippen molar-refractivity contribution in [2.45, 2.75) is 6.54 Å². The number of carbonyl (C=O) groups is 1. The minimum absolute atomic E-state index is 0.274. The molecule has 5 N–H and O–H groups in total. The minimum Gasteiger partial charge on any atom is -0.467 e. The van der Waals surface area contributed by atoms with E-state index in [1.165, 1.54) is 12.5 Å². The van der Waals surface area contributed by atoms with Crippen LogP contribution in [0.1, 0.15) is 16.1 Å². The number of hydrogen-bond acceptors (Lipinski definition) is 8. The second-order valence-corrected chi connectivity index (χ2v) is 4.74. The fourth-order valence-corrected chi connectivity index (χ4v) is 1.91. The van der Waals surface area contributed by atoms with E-state index in [9.17, 15) is 4.79 Å². The number of nitrogens with zero attached hydrogens (tertiary/aromatic N) is 3. The second-order valence-electron chi connectivity index (χ2n) is 4.74. The first-order valence-electron chi connectivity index (χ1n) is 7.07. The Morgan fingerprint density at radius 1 is 1.21 bits per heavy atom. The van der Waals surface area contributed by atoms with E-state index in [1.54, 1.807) is 30.7 Å². The van der Waals surface area contributed by atoms with Crippen LogP contribution in [0.25, 0.3) is 0 Å². The number of carbonyl (C=O) groups excluding carboxylic acids is 1. The van der Waals surface area contributed by atoms with E-state index in [2.05, 4.69) is 31.1 Å². The highest BCUT2D eigenvalue weighted by Crippen LogP contribution is 2.22. The highest BCUT2D eigenvalue weighted by Gasteiger charge is 2.10. The molecule has 0 fully saturated rings. The molecule has 3 heterocycles. The predicted octanol–water partition coefficient (Wildman–Crippen LogP) is 1.42. The van der Waals surface area contributed by atoms with Gasteiger partial charge in [0.1, 0.15) is 17.8 Å². The third-order valence-corrected chi connectivity index (χ3v) is 3.11. The Morgan fingerprint density at radius 3 is 2.83 bits per heavy atom. The van der Waals surface area contributed by atoms with E-state index in [-0.39, 0.29) is 17.4 Å². The van der Waals surface area contributed by atoms with Crippen molar-refractivity contribution in [1.82, 2.24) is 20.4 Å². The Morgan fingerprint density at radius 2 is 2.08 bits per heavy atom. The molecule has 0 aromatic carbocycles. The zero-order valence-corrected chi connectivity index (χ0v) is 12.6. The summed E-state index contributed by atoms with van der Waals surface area (Å²) in [5.74, 6) is 1.10. The van der Waals surface area contributed by atoms with E-state index >= 15 is 0 Å². The van der Waals surface area contributed by atoms with Crippen molar-refractivity contribution < 1.29 is 9.21 Å². The molecule has 0 saturated heterocycles. The Bertz CT molecular complexity index is 806. The number of anilines is 3. The van der Waals surface area contributed by atoms with Crippen molar-refractivity contribution in [3.63, 3.8) is 0 Å². The van der Waals surface area contributed by atoms with Crippen LogP contribution in [0.5, 0.6) is 0 Å². The number of nitrogens with one attached hydrogen (secondary N) is 3. The normalized spacial score (nSPS) is 10.2. The van der Waals surface area contributed by atoms with Gasteiger partial charge in [0.05, 0.1) is 18.4 Å². The van der Waals surface area contributed by atoms with Crippen molar-refractivity contribution in [3.8, 4) is 0 Å². The van der Waals surface area contributed by atoms with Gasteiger partial charge < -0.3 is 15.5 Å². The molecule has 0 aliphatic carbocycles. The molecular formula is C15H15N7O2. The van der Waals surface area contributed by atoms with Gasteiger partial charge >= 0.3 is 0 Å². The quantitative estimate of drug-likeness (QED) is 0.500. The van der Waals surface area contributed by atoms with Gasteiger partial charge in [-0.2, -0.15) is 0 Å². The molecule has 9 nitrogen and oxygen atoms in total. The van der Waals surface area contributed by atoms with Gasteiger partial charge in [0, 0.05) is 12.4 Å². The van der Waals surface area contributed by atoms with Crippen LogP contribution in [-0.2, 0) is 6.54 Å². The topological polar surface area (TPSA) is 131 Å². The molecule has 0 bridgehead atoms. The van der Waals surface area contributed by atoms with E-state index in [0.29, 0.717) is 17.9 Å². The number of amides is 1. The molecule has 0 unspecified atom stereocenters. The summed E-state index contributed by atoms with van der Waals surface area (Å²) in [5, 5.41) is 3.04. The first-order valence-corrected chi connectivity index (χ1v) is 7.07. The smallest absolute Gasteiger partial charge is 0.271 e. The molecule has 1 amide bonds. The molecule has 0 radical (unpaired) electrons. The average Bonchev–Trinajstić information content (AvgIpc) is 3.14. The number of furan rings is 1. The summed E-state index contributed by atoms with van der Waals surface area (Å²) in [6.45, 7) is 0.426. The number of nitrogen functional groups attached to an aromatic ring is 1. The van der Waals surface area contributed by atoms with Crippen LogP contribution in [0, 0.1) is 0 Å². The molecule has 0 saturated carbocycles. The zero-order valence-electron chi connectivity index (χ0n) is 12.6. The average molecular weight is 325 g/mol. The fourth-order valence-electron chi connectivity index (χ4n) is 1.91. The Hall–Kier alpha value is -3.62. The lowest BCUT2D eigenvalue weighted by Gasteiger charge is -2.12. The number of aromatic nitrogens is 3. The fraction of sp³-hybridized carbons (Fsp3) is 0.0667. The summed E-state index contributed by atoms with van der Waals surface area (Å²) in [5.41, 5.74) is 11.9. The number of nitrogens with two attached hydrogens (primary N) is 1. The summed E-state index contributed by atoms with van der Waals surface area (Å²) in [6, 6.07) is 6.94. The van der Waals surface area contributed by atoms with E-state index in [1.807, 2.05) is 6.07 Å². The SMILES string of the molecule is Nc1c(NCc2ccco2)ncnc1NNC(=O)c1cccnc1. The van der Waals surface area contributed by atoms with Crippen LogP contribution in [0.3, 0.4) is 0 Å². The first-order chi connectivity index (χ1) is 11.7. The minimum atomic E-state index is -0.355. The highest BCUT2D eigenvalue weighted by molar-refractivity contribution is 5.94. The summed E-state index contributed by atoms with van der Waals surface area (Å²) < 4.78 is 5.23. The molecule has 3 rings (SSSR count). The Labute approximate surface area is 137 Å². The Balaban J connectivity index is 1.63. The van der Waals surface area contributed by atoms with E-state index in [0.717, 1.165) is 5.76 Å². The van der Waals surface area contributed by atoms with Crippen LogP contribution in [-0.4, -0.2) is 20.9 Å². The standard InChI is InChI=1S/C15H15N7O2/c16-12-13(18-8-11-4-2-6-24-11)19-9-20-14(12)21-22-15(23)10-3-1-5-17-7-10/h1-7,9H,8,16H2,(H,22,23)(H2,18,19,20,21).